The average Bonchev–Trinajstić information content (AvgIpc) is 2.87. The van der Waals surface area contributed by atoms with E-state index in [0.29, 0.717) is 5.69 Å². The molecule has 0 radical (unpaired) electrons. The lowest BCUT2D eigenvalue weighted by atomic mass is 10.3. The molecule has 11 heteroatoms. The van der Waals surface area contributed by atoms with E-state index in [9.17, 15) is 9.18 Å². The minimum Gasteiger partial charge on any atom is -0.465 e. The lowest BCUT2D eigenvalue weighted by molar-refractivity contribution is 0.209. The first kappa shape index (κ1) is 14.7. The van der Waals surface area contributed by atoms with Gasteiger partial charge in [-0.3, -0.25) is 5.32 Å². The van der Waals surface area contributed by atoms with Crippen LogP contribution in [0.5, 0.6) is 0 Å². The fourth-order valence-electron chi connectivity index (χ4n) is 1.37. The highest BCUT2D eigenvalue weighted by molar-refractivity contribution is 9.10. The number of rotatable bonds is 3. The zero-order valence-electron chi connectivity index (χ0n) is 10.0. The highest BCUT2D eigenvalue weighted by Crippen LogP contribution is 2.21. The van der Waals surface area contributed by atoms with Crippen LogP contribution >= 0.6 is 15.9 Å². The second kappa shape index (κ2) is 6.17. The quantitative estimate of drug-likeness (QED) is 0.286. The molecule has 0 atom stereocenters. The summed E-state index contributed by atoms with van der Waals surface area (Å²) in [5, 5.41) is 31.9. The van der Waals surface area contributed by atoms with E-state index in [0.717, 1.165) is 0 Å². The van der Waals surface area contributed by atoms with Crippen molar-refractivity contribution in [3.05, 3.63) is 34.2 Å². The Morgan fingerprint density at radius 2 is 2.14 bits per heavy atom. The minimum absolute atomic E-state index is 0.166. The van der Waals surface area contributed by atoms with Crippen molar-refractivity contribution in [2.75, 3.05) is 10.6 Å². The topological polar surface area (TPSA) is 133 Å². The molecule has 4 N–H and O–H groups in total. The lowest BCUT2D eigenvalue weighted by Gasteiger charge is -2.07. The number of halogens is 2. The van der Waals surface area contributed by atoms with E-state index in [4.69, 9.17) is 10.3 Å². The van der Waals surface area contributed by atoms with Gasteiger partial charge in [0.2, 0.25) is 11.7 Å². The van der Waals surface area contributed by atoms with E-state index in [1.165, 1.54) is 18.2 Å². The molecule has 21 heavy (non-hydrogen) atoms. The Balaban J connectivity index is 2.26. The molecule has 0 saturated heterocycles. The van der Waals surface area contributed by atoms with Crippen LogP contribution in [0.3, 0.4) is 0 Å². The van der Waals surface area contributed by atoms with Crippen LogP contribution in [0.25, 0.3) is 0 Å². The van der Waals surface area contributed by atoms with Gasteiger partial charge in [0.05, 0.1) is 4.47 Å². The summed E-state index contributed by atoms with van der Waals surface area (Å²) in [5.74, 6) is -0.971. The van der Waals surface area contributed by atoms with Gasteiger partial charge in [-0.1, -0.05) is 5.16 Å². The first-order chi connectivity index (χ1) is 10.0. The number of nitrogens with zero attached hydrogens (tertiary/aromatic N) is 3. The minimum atomic E-state index is -1.39. The summed E-state index contributed by atoms with van der Waals surface area (Å²) in [7, 11) is 0. The molecule has 1 aromatic carbocycles. The first-order valence-electron chi connectivity index (χ1n) is 5.28. The molecule has 0 aliphatic heterocycles. The van der Waals surface area contributed by atoms with Crippen LogP contribution in [0.15, 0.2) is 32.5 Å². The van der Waals surface area contributed by atoms with Gasteiger partial charge in [0, 0.05) is 5.69 Å². The molecule has 2 rings (SSSR count). The summed E-state index contributed by atoms with van der Waals surface area (Å²) >= 11 is 3.00. The van der Waals surface area contributed by atoms with Crippen LogP contribution in [0, 0.1) is 5.82 Å². The molecule has 0 spiro atoms. The van der Waals surface area contributed by atoms with E-state index < -0.39 is 11.9 Å². The second-order valence-corrected chi connectivity index (χ2v) is 4.45. The summed E-state index contributed by atoms with van der Waals surface area (Å²) in [4.78, 5) is 10.6. The zero-order chi connectivity index (χ0) is 15.4. The largest absolute Gasteiger partial charge is 0.465 e. The predicted molar refractivity (Wildman–Crippen MR) is 72.0 cm³/mol. The number of benzene rings is 1. The van der Waals surface area contributed by atoms with Crippen LogP contribution in [-0.4, -0.2) is 32.6 Å². The van der Waals surface area contributed by atoms with Crippen LogP contribution in [0.2, 0.25) is 0 Å². The van der Waals surface area contributed by atoms with E-state index in [1.54, 1.807) is 0 Å². The number of amidine groups is 1. The number of nitrogens with one attached hydrogen (secondary N) is 2. The highest BCUT2D eigenvalue weighted by Gasteiger charge is 2.19. The van der Waals surface area contributed by atoms with Crippen molar-refractivity contribution >= 4 is 39.4 Å². The van der Waals surface area contributed by atoms with Crippen molar-refractivity contribution in [3.8, 4) is 0 Å². The van der Waals surface area contributed by atoms with Crippen LogP contribution in [0.4, 0.5) is 20.7 Å². The number of carboxylic acid groups (broad SMARTS) is 1. The van der Waals surface area contributed by atoms with Gasteiger partial charge in [0.15, 0.2) is 5.69 Å². The third-order valence-corrected chi connectivity index (χ3v) is 2.83. The third-order valence-electron chi connectivity index (χ3n) is 2.22. The highest BCUT2D eigenvalue weighted by atomic mass is 79.9. The average molecular weight is 360 g/mol. The molecule has 9 nitrogen and oxygen atoms in total. The molecule has 0 aliphatic carbocycles. The summed E-state index contributed by atoms with van der Waals surface area (Å²) < 4.78 is 17.7. The molecular weight excluding hydrogens is 353 g/mol. The van der Waals surface area contributed by atoms with E-state index >= 15 is 0 Å². The molecule has 0 unspecified atom stereocenters. The Hall–Kier alpha value is -2.69. The Kier molecular flexibility index (Phi) is 4.33. The standard InChI is InChI=1S/C10H7BrFN5O4/c11-5-3-4(1-2-6(5)12)13-8(15-20)7-9(14-10(18)19)17-21-16-7/h1-3,20H,(H,13,15)(H,14,17)(H,18,19). The molecule has 0 saturated carbocycles. The van der Waals surface area contributed by atoms with Crippen molar-refractivity contribution in [1.82, 2.24) is 10.3 Å². The van der Waals surface area contributed by atoms with Crippen molar-refractivity contribution in [2.24, 2.45) is 5.16 Å². The molecule has 0 bridgehead atoms. The number of carbonyl (C=O) groups is 1. The molecule has 0 aliphatic rings. The number of aromatic nitrogens is 2. The van der Waals surface area contributed by atoms with Gasteiger partial charge < -0.3 is 15.6 Å². The summed E-state index contributed by atoms with van der Waals surface area (Å²) in [6.45, 7) is 0. The molecule has 1 heterocycles. The van der Waals surface area contributed by atoms with E-state index in [-0.39, 0.29) is 21.8 Å². The predicted octanol–water partition coefficient (Wildman–Crippen LogP) is 2.31. The maximum atomic E-state index is 13.1. The van der Waals surface area contributed by atoms with Gasteiger partial charge in [-0.2, -0.15) is 0 Å². The fraction of sp³-hybridized carbons (Fsp3) is 0. The van der Waals surface area contributed by atoms with Crippen LogP contribution in [-0.2, 0) is 0 Å². The van der Waals surface area contributed by atoms with Crippen LogP contribution < -0.4 is 10.6 Å². The van der Waals surface area contributed by atoms with E-state index in [1.807, 2.05) is 5.32 Å². The fourth-order valence-corrected chi connectivity index (χ4v) is 1.75. The van der Waals surface area contributed by atoms with Crippen molar-refractivity contribution in [2.45, 2.75) is 0 Å². The Morgan fingerprint density at radius 3 is 2.76 bits per heavy atom. The van der Waals surface area contributed by atoms with Gasteiger partial charge >= 0.3 is 6.09 Å². The van der Waals surface area contributed by atoms with Gasteiger partial charge in [0.1, 0.15) is 5.82 Å². The number of hydrogen-bond donors (Lipinski definition) is 4. The van der Waals surface area contributed by atoms with Crippen molar-refractivity contribution in [3.63, 3.8) is 0 Å². The van der Waals surface area contributed by atoms with Crippen molar-refractivity contribution < 1.29 is 24.1 Å². The van der Waals surface area contributed by atoms with Gasteiger partial charge in [0.25, 0.3) is 0 Å². The maximum absolute atomic E-state index is 13.1. The van der Waals surface area contributed by atoms with Crippen LogP contribution in [0.1, 0.15) is 5.69 Å². The molecular formula is C10H7BrFN5O4. The van der Waals surface area contributed by atoms with Gasteiger partial charge in [-0.15, -0.1) is 0 Å². The second-order valence-electron chi connectivity index (χ2n) is 3.59. The number of amides is 1. The molecule has 2 aromatic rings. The van der Waals surface area contributed by atoms with Gasteiger partial charge in [-0.25, -0.2) is 13.8 Å². The lowest BCUT2D eigenvalue weighted by Crippen LogP contribution is -2.18. The molecule has 1 aromatic heterocycles. The number of hydrogen-bond acceptors (Lipinski definition) is 6. The van der Waals surface area contributed by atoms with Gasteiger partial charge in [-0.05, 0) is 44.4 Å². The smallest absolute Gasteiger partial charge is 0.410 e. The Labute approximate surface area is 124 Å². The maximum Gasteiger partial charge on any atom is 0.410 e. The SMILES string of the molecule is O=C(O)Nc1nonc1/C(=N\O)Nc1ccc(F)c(Br)c1. The summed E-state index contributed by atoms with van der Waals surface area (Å²) in [6, 6.07) is 3.94. The number of oxime groups is 1. The van der Waals surface area contributed by atoms with Crippen molar-refractivity contribution in [1.29, 1.82) is 0 Å². The number of anilines is 2. The Morgan fingerprint density at radius 1 is 1.38 bits per heavy atom. The third kappa shape index (κ3) is 3.45. The summed E-state index contributed by atoms with van der Waals surface area (Å²) in [5.41, 5.74) is 0.195. The zero-order valence-corrected chi connectivity index (χ0v) is 11.6. The summed E-state index contributed by atoms with van der Waals surface area (Å²) in [6.07, 6.45) is -1.39. The molecule has 1 amide bonds. The monoisotopic (exact) mass is 359 g/mol. The molecule has 0 fully saturated rings. The first-order valence-corrected chi connectivity index (χ1v) is 6.07. The van der Waals surface area contributed by atoms with E-state index in [2.05, 4.69) is 41.3 Å². The normalized spacial score (nSPS) is 11.2. The molecule has 110 valence electrons. The Bertz CT molecular complexity index is 705.